The molecule has 0 bridgehead atoms. The Hall–Kier alpha value is -2.14. The van der Waals surface area contributed by atoms with Crippen molar-refractivity contribution in [2.24, 2.45) is 0 Å². The van der Waals surface area contributed by atoms with Gasteiger partial charge in [0.1, 0.15) is 11.5 Å². The summed E-state index contributed by atoms with van der Waals surface area (Å²) in [4.78, 5) is 13.4. The van der Waals surface area contributed by atoms with Crippen LogP contribution in [0, 0.1) is 0 Å². The number of methoxy groups -OCH3 is 3. The van der Waals surface area contributed by atoms with Crippen LogP contribution in [0.1, 0.15) is 22.3 Å². The van der Waals surface area contributed by atoms with Gasteiger partial charge in [0.2, 0.25) is 0 Å². The number of esters is 1. The van der Waals surface area contributed by atoms with Crippen LogP contribution in [0.25, 0.3) is 0 Å². The van der Waals surface area contributed by atoms with E-state index < -0.39 is 0 Å². The van der Waals surface area contributed by atoms with Crippen LogP contribution in [0.5, 0.6) is 11.5 Å². The van der Waals surface area contributed by atoms with Crippen molar-refractivity contribution in [3.63, 3.8) is 0 Å². The molecule has 0 aliphatic carbocycles. The lowest BCUT2D eigenvalue weighted by atomic mass is 9.92. The van der Waals surface area contributed by atoms with E-state index in [0.29, 0.717) is 0 Å². The summed E-state index contributed by atoms with van der Waals surface area (Å²) < 4.78 is 15.5. The normalized spacial score (nSPS) is 19.1. The van der Waals surface area contributed by atoms with Crippen molar-refractivity contribution in [1.82, 2.24) is 0 Å². The predicted molar refractivity (Wildman–Crippen MR) is 89.3 cm³/mol. The van der Waals surface area contributed by atoms with Gasteiger partial charge >= 0.3 is 5.97 Å². The lowest BCUT2D eigenvalue weighted by molar-refractivity contribution is -0.142. The molecule has 0 unspecified atom stereocenters. The van der Waals surface area contributed by atoms with E-state index in [-0.39, 0.29) is 17.1 Å². The van der Waals surface area contributed by atoms with E-state index in [0.717, 1.165) is 27.5 Å². The molecule has 1 heterocycles. The van der Waals surface area contributed by atoms with Crippen LogP contribution in [0.2, 0.25) is 0 Å². The minimum absolute atomic E-state index is 0.0181. The molecule has 2 aromatic rings. The molecule has 0 fully saturated rings. The topological polar surface area (TPSA) is 44.8 Å². The Morgan fingerprint density at radius 2 is 1.61 bits per heavy atom. The van der Waals surface area contributed by atoms with Crippen molar-refractivity contribution < 1.29 is 19.0 Å². The molecule has 23 heavy (non-hydrogen) atoms. The molecule has 0 N–H and O–H groups in total. The summed E-state index contributed by atoms with van der Waals surface area (Å²) in [5, 5.41) is -0.0181. The SMILES string of the molecule is COC(=O)[C@@H]1c2ccc(OC)cc2S[C@H]1c1ccc(OC)cc1. The molecule has 1 aliphatic rings. The fourth-order valence-electron chi connectivity index (χ4n) is 2.80. The van der Waals surface area contributed by atoms with Crippen molar-refractivity contribution in [3.8, 4) is 11.5 Å². The van der Waals surface area contributed by atoms with Crippen molar-refractivity contribution in [2.45, 2.75) is 16.1 Å². The van der Waals surface area contributed by atoms with Crippen LogP contribution >= 0.6 is 11.8 Å². The van der Waals surface area contributed by atoms with Gasteiger partial charge in [0.15, 0.2) is 0 Å². The first kappa shape index (κ1) is 15.7. The average Bonchev–Trinajstić information content (AvgIpc) is 2.99. The monoisotopic (exact) mass is 330 g/mol. The molecule has 0 amide bonds. The molecule has 5 heteroatoms. The molecule has 0 saturated heterocycles. The Kier molecular flexibility index (Phi) is 4.48. The first-order valence-electron chi connectivity index (χ1n) is 7.24. The number of carbonyl (C=O) groups excluding carboxylic acids is 1. The molecule has 1 aliphatic heterocycles. The third-order valence-corrected chi connectivity index (χ3v) is 5.42. The van der Waals surface area contributed by atoms with Gasteiger partial charge in [0.05, 0.1) is 32.5 Å². The van der Waals surface area contributed by atoms with E-state index >= 15 is 0 Å². The summed E-state index contributed by atoms with van der Waals surface area (Å²) in [6.07, 6.45) is 0. The largest absolute Gasteiger partial charge is 0.497 e. The second kappa shape index (κ2) is 6.54. The molecule has 0 saturated carbocycles. The van der Waals surface area contributed by atoms with E-state index in [1.54, 1.807) is 26.0 Å². The summed E-state index contributed by atoms with van der Waals surface area (Å²) in [6.45, 7) is 0. The highest BCUT2D eigenvalue weighted by molar-refractivity contribution is 8.00. The number of rotatable bonds is 4. The summed E-state index contributed by atoms with van der Waals surface area (Å²) >= 11 is 1.66. The second-order valence-electron chi connectivity index (χ2n) is 5.22. The van der Waals surface area contributed by atoms with Crippen molar-refractivity contribution in [1.29, 1.82) is 0 Å². The second-order valence-corrected chi connectivity index (χ2v) is 6.40. The van der Waals surface area contributed by atoms with E-state index in [9.17, 15) is 4.79 Å². The van der Waals surface area contributed by atoms with Gasteiger partial charge in [-0.25, -0.2) is 0 Å². The number of carbonyl (C=O) groups is 1. The van der Waals surface area contributed by atoms with Crippen LogP contribution in [0.3, 0.4) is 0 Å². The van der Waals surface area contributed by atoms with Crippen LogP contribution in [-0.4, -0.2) is 27.3 Å². The number of fused-ring (bicyclic) bond motifs is 1. The standard InChI is InChI=1S/C18H18O4S/c1-20-12-6-4-11(5-7-12)17-16(18(19)22-3)14-9-8-13(21-2)10-15(14)23-17/h4-10,16-17H,1-3H3/t16-,17+/m1/s1. The summed E-state index contributed by atoms with van der Waals surface area (Å²) in [6, 6.07) is 13.6. The highest BCUT2D eigenvalue weighted by Crippen LogP contribution is 2.55. The number of benzene rings is 2. The van der Waals surface area contributed by atoms with Gasteiger partial charge in [-0.1, -0.05) is 18.2 Å². The smallest absolute Gasteiger partial charge is 0.314 e. The maximum absolute atomic E-state index is 12.3. The highest BCUT2D eigenvalue weighted by atomic mass is 32.2. The summed E-state index contributed by atoms with van der Waals surface area (Å²) in [5.41, 5.74) is 2.06. The third kappa shape index (κ3) is 2.88. The molecule has 0 aromatic heterocycles. The number of hydrogen-bond acceptors (Lipinski definition) is 5. The molecule has 0 spiro atoms. The molecule has 120 valence electrons. The number of hydrogen-bond donors (Lipinski definition) is 0. The van der Waals surface area contributed by atoms with Gasteiger partial charge in [-0.3, -0.25) is 4.79 Å². The Bertz CT molecular complexity index is 711. The van der Waals surface area contributed by atoms with Crippen LogP contribution < -0.4 is 9.47 Å². The lowest BCUT2D eigenvalue weighted by Gasteiger charge is -2.18. The minimum Gasteiger partial charge on any atom is -0.497 e. The zero-order valence-electron chi connectivity index (χ0n) is 13.2. The van der Waals surface area contributed by atoms with E-state index in [2.05, 4.69) is 0 Å². The third-order valence-electron chi connectivity index (χ3n) is 4.01. The first-order chi connectivity index (χ1) is 11.2. The molecule has 3 rings (SSSR count). The maximum Gasteiger partial charge on any atom is 0.314 e. The molecular formula is C18H18O4S. The van der Waals surface area contributed by atoms with Crippen molar-refractivity contribution in [3.05, 3.63) is 53.6 Å². The van der Waals surface area contributed by atoms with Gasteiger partial charge < -0.3 is 14.2 Å². The van der Waals surface area contributed by atoms with Crippen molar-refractivity contribution >= 4 is 17.7 Å². The molecule has 2 aromatic carbocycles. The minimum atomic E-state index is -0.320. The lowest BCUT2D eigenvalue weighted by Crippen LogP contribution is -2.16. The molecular weight excluding hydrogens is 312 g/mol. The Balaban J connectivity index is 2.00. The number of ether oxygens (including phenoxy) is 3. The van der Waals surface area contributed by atoms with Gasteiger partial charge in [-0.05, 0) is 35.4 Å². The van der Waals surface area contributed by atoms with Gasteiger partial charge in [-0.15, -0.1) is 11.8 Å². The molecule has 0 radical (unpaired) electrons. The zero-order chi connectivity index (χ0) is 16.4. The zero-order valence-corrected chi connectivity index (χ0v) is 14.1. The van der Waals surface area contributed by atoms with E-state index in [4.69, 9.17) is 14.2 Å². The van der Waals surface area contributed by atoms with E-state index in [1.165, 1.54) is 7.11 Å². The Morgan fingerprint density at radius 3 is 2.22 bits per heavy atom. The van der Waals surface area contributed by atoms with Gasteiger partial charge in [-0.2, -0.15) is 0 Å². The van der Waals surface area contributed by atoms with Crippen LogP contribution in [0.4, 0.5) is 0 Å². The summed E-state index contributed by atoms with van der Waals surface area (Å²) in [7, 11) is 4.71. The first-order valence-corrected chi connectivity index (χ1v) is 8.12. The van der Waals surface area contributed by atoms with Crippen LogP contribution in [0.15, 0.2) is 47.4 Å². The Morgan fingerprint density at radius 1 is 0.957 bits per heavy atom. The maximum atomic E-state index is 12.3. The highest BCUT2D eigenvalue weighted by Gasteiger charge is 2.40. The van der Waals surface area contributed by atoms with Gasteiger partial charge in [0, 0.05) is 4.90 Å². The predicted octanol–water partition coefficient (Wildman–Crippen LogP) is 3.81. The molecule has 2 atom stereocenters. The van der Waals surface area contributed by atoms with Crippen LogP contribution in [-0.2, 0) is 9.53 Å². The Labute approximate surface area is 139 Å². The average molecular weight is 330 g/mol. The number of thioether (sulfide) groups is 1. The quantitative estimate of drug-likeness (QED) is 0.798. The van der Waals surface area contributed by atoms with Gasteiger partial charge in [0.25, 0.3) is 0 Å². The fourth-order valence-corrected chi connectivity index (χ4v) is 4.28. The molecule has 4 nitrogen and oxygen atoms in total. The van der Waals surface area contributed by atoms with Crippen molar-refractivity contribution in [2.75, 3.05) is 21.3 Å². The summed E-state index contributed by atoms with van der Waals surface area (Å²) in [5.74, 6) is 1.04. The van der Waals surface area contributed by atoms with E-state index in [1.807, 2.05) is 42.5 Å². The fraction of sp³-hybridized carbons (Fsp3) is 0.278.